The Balaban J connectivity index is 1.92. The van der Waals surface area contributed by atoms with Crippen molar-refractivity contribution in [2.45, 2.75) is 20.0 Å². The number of nitrogens with one attached hydrogen (secondary N) is 1. The lowest BCUT2D eigenvalue weighted by Crippen LogP contribution is -2.13. The molecule has 4 nitrogen and oxygen atoms in total. The molecule has 0 unspecified atom stereocenters. The lowest BCUT2D eigenvalue weighted by atomic mass is 10.2. The van der Waals surface area contributed by atoms with Gasteiger partial charge in [0.25, 0.3) is 0 Å². The third-order valence-corrected chi connectivity index (χ3v) is 3.63. The highest BCUT2D eigenvalue weighted by atomic mass is 79.9. The molecule has 5 heteroatoms. The van der Waals surface area contributed by atoms with Crippen molar-refractivity contribution in [3.63, 3.8) is 0 Å². The van der Waals surface area contributed by atoms with E-state index in [2.05, 4.69) is 33.3 Å². The van der Waals surface area contributed by atoms with Crippen molar-refractivity contribution < 1.29 is 5.11 Å². The summed E-state index contributed by atoms with van der Waals surface area (Å²) < 4.78 is 2.59. The van der Waals surface area contributed by atoms with E-state index in [0.717, 1.165) is 23.1 Å². The number of hydrogen-bond donors (Lipinski definition) is 2. The molecule has 0 aliphatic heterocycles. The molecule has 0 aliphatic carbocycles. The Kier molecular flexibility index (Phi) is 4.04. The van der Waals surface area contributed by atoms with Crippen LogP contribution in [0.2, 0.25) is 0 Å². The van der Waals surface area contributed by atoms with E-state index in [1.165, 1.54) is 11.3 Å². The summed E-state index contributed by atoms with van der Waals surface area (Å²) in [6, 6.07) is 5.51. The highest BCUT2D eigenvalue weighted by molar-refractivity contribution is 9.10. The summed E-state index contributed by atoms with van der Waals surface area (Å²) in [7, 11) is 1.94. The van der Waals surface area contributed by atoms with Crippen molar-refractivity contribution in [3.8, 4) is 5.75 Å². The number of aryl methyl sites for hydroxylation is 1. The molecule has 0 amide bonds. The van der Waals surface area contributed by atoms with Crippen LogP contribution in [-0.4, -0.2) is 14.9 Å². The Labute approximate surface area is 115 Å². The molecule has 96 valence electrons. The minimum atomic E-state index is 0.266. The summed E-state index contributed by atoms with van der Waals surface area (Å²) in [4.78, 5) is 0. The van der Waals surface area contributed by atoms with Crippen LogP contribution in [0.3, 0.4) is 0 Å². The van der Waals surface area contributed by atoms with Gasteiger partial charge in [0.05, 0.1) is 10.7 Å². The van der Waals surface area contributed by atoms with Gasteiger partial charge in [0.1, 0.15) is 5.75 Å². The van der Waals surface area contributed by atoms with Crippen molar-refractivity contribution in [1.82, 2.24) is 15.1 Å². The van der Waals surface area contributed by atoms with E-state index in [1.54, 1.807) is 6.07 Å². The molecular formula is C13H16BrN3O. The maximum Gasteiger partial charge on any atom is 0.129 e. The van der Waals surface area contributed by atoms with Crippen molar-refractivity contribution in [3.05, 3.63) is 45.7 Å². The zero-order valence-corrected chi connectivity index (χ0v) is 12.0. The molecule has 0 saturated carbocycles. The first-order valence-electron chi connectivity index (χ1n) is 5.73. The average Bonchev–Trinajstić information content (AvgIpc) is 2.66. The van der Waals surface area contributed by atoms with Crippen LogP contribution in [-0.2, 0) is 20.1 Å². The van der Waals surface area contributed by atoms with Crippen molar-refractivity contribution in [2.75, 3.05) is 0 Å². The molecule has 2 rings (SSSR count). The summed E-state index contributed by atoms with van der Waals surface area (Å²) in [5, 5.41) is 17.0. The Hall–Kier alpha value is -1.33. The number of phenolic OH excluding ortho intramolecular Hbond substituents is 1. The van der Waals surface area contributed by atoms with Crippen LogP contribution in [0.15, 0.2) is 28.9 Å². The van der Waals surface area contributed by atoms with Crippen LogP contribution < -0.4 is 5.32 Å². The van der Waals surface area contributed by atoms with Crippen molar-refractivity contribution in [2.24, 2.45) is 7.05 Å². The molecule has 1 heterocycles. The largest absolute Gasteiger partial charge is 0.507 e. The zero-order chi connectivity index (χ0) is 13.1. The first-order valence-corrected chi connectivity index (χ1v) is 6.53. The second-order valence-electron chi connectivity index (χ2n) is 4.27. The van der Waals surface area contributed by atoms with Crippen LogP contribution in [0.1, 0.15) is 16.8 Å². The van der Waals surface area contributed by atoms with Gasteiger partial charge in [0.15, 0.2) is 0 Å². The number of nitrogens with zero attached hydrogens (tertiary/aromatic N) is 2. The fourth-order valence-corrected chi connectivity index (χ4v) is 2.15. The minimum Gasteiger partial charge on any atom is -0.507 e. The van der Waals surface area contributed by atoms with Crippen molar-refractivity contribution in [1.29, 1.82) is 0 Å². The van der Waals surface area contributed by atoms with Gasteiger partial charge in [-0.1, -0.05) is 6.07 Å². The number of phenols is 1. The predicted octanol–water partition coefficient (Wildman–Crippen LogP) is 2.49. The van der Waals surface area contributed by atoms with Gasteiger partial charge in [-0.05, 0) is 40.5 Å². The summed E-state index contributed by atoms with van der Waals surface area (Å²) >= 11 is 3.31. The zero-order valence-electron chi connectivity index (χ0n) is 10.4. The first-order chi connectivity index (χ1) is 8.58. The molecule has 2 aromatic rings. The number of aromatic hydroxyl groups is 1. The van der Waals surface area contributed by atoms with Gasteiger partial charge in [0.2, 0.25) is 0 Å². The quantitative estimate of drug-likeness (QED) is 0.912. The Bertz CT molecular complexity index is 551. The summed E-state index contributed by atoms with van der Waals surface area (Å²) in [5.74, 6) is 0.266. The molecule has 1 aromatic carbocycles. The lowest BCUT2D eigenvalue weighted by Gasteiger charge is -2.06. The van der Waals surface area contributed by atoms with E-state index in [9.17, 15) is 5.11 Å². The third-order valence-electron chi connectivity index (χ3n) is 2.99. The average molecular weight is 310 g/mol. The van der Waals surface area contributed by atoms with E-state index in [1.807, 2.05) is 30.1 Å². The maximum atomic E-state index is 9.41. The molecule has 0 fully saturated rings. The minimum absolute atomic E-state index is 0.266. The smallest absolute Gasteiger partial charge is 0.129 e. The third kappa shape index (κ3) is 2.91. The lowest BCUT2D eigenvalue weighted by molar-refractivity contribution is 0.471. The monoisotopic (exact) mass is 309 g/mol. The van der Waals surface area contributed by atoms with E-state index < -0.39 is 0 Å². The second kappa shape index (κ2) is 5.54. The van der Waals surface area contributed by atoms with Crippen LogP contribution in [0.25, 0.3) is 0 Å². The number of hydrogen-bond acceptors (Lipinski definition) is 3. The number of halogens is 1. The van der Waals surface area contributed by atoms with Gasteiger partial charge < -0.3 is 10.4 Å². The Morgan fingerprint density at radius 2 is 2.17 bits per heavy atom. The van der Waals surface area contributed by atoms with Gasteiger partial charge in [-0.3, -0.25) is 4.68 Å². The van der Waals surface area contributed by atoms with Crippen LogP contribution in [0.5, 0.6) is 5.75 Å². The fourth-order valence-electron chi connectivity index (χ4n) is 1.72. The number of benzene rings is 1. The SMILES string of the molecule is Cc1c(CNCc2ccc(O)c(Br)c2)cnn1C. The predicted molar refractivity (Wildman–Crippen MR) is 74.3 cm³/mol. The Morgan fingerprint density at radius 1 is 1.39 bits per heavy atom. The van der Waals surface area contributed by atoms with E-state index in [4.69, 9.17) is 0 Å². The molecule has 18 heavy (non-hydrogen) atoms. The molecule has 0 saturated heterocycles. The van der Waals surface area contributed by atoms with E-state index >= 15 is 0 Å². The summed E-state index contributed by atoms with van der Waals surface area (Å²) in [6.45, 7) is 3.60. The number of aromatic nitrogens is 2. The van der Waals surface area contributed by atoms with Gasteiger partial charge in [0, 0.05) is 31.4 Å². The summed E-state index contributed by atoms with van der Waals surface area (Å²) in [5.41, 5.74) is 3.51. The van der Waals surface area contributed by atoms with Gasteiger partial charge in [-0.15, -0.1) is 0 Å². The molecule has 0 bridgehead atoms. The number of rotatable bonds is 4. The highest BCUT2D eigenvalue weighted by Crippen LogP contribution is 2.24. The van der Waals surface area contributed by atoms with Gasteiger partial charge in [-0.2, -0.15) is 5.10 Å². The molecule has 2 N–H and O–H groups in total. The molecule has 1 aromatic heterocycles. The van der Waals surface area contributed by atoms with Crippen LogP contribution in [0.4, 0.5) is 0 Å². The highest BCUT2D eigenvalue weighted by Gasteiger charge is 2.03. The maximum absolute atomic E-state index is 9.41. The summed E-state index contributed by atoms with van der Waals surface area (Å²) in [6.07, 6.45) is 1.88. The van der Waals surface area contributed by atoms with Crippen LogP contribution in [0, 0.1) is 6.92 Å². The van der Waals surface area contributed by atoms with Crippen molar-refractivity contribution >= 4 is 15.9 Å². The molecule has 0 spiro atoms. The van der Waals surface area contributed by atoms with E-state index in [0.29, 0.717) is 0 Å². The Morgan fingerprint density at radius 3 is 2.78 bits per heavy atom. The van der Waals surface area contributed by atoms with E-state index in [-0.39, 0.29) is 5.75 Å². The standard InChI is InChI=1S/C13H16BrN3O/c1-9-11(8-16-17(9)2)7-15-6-10-3-4-13(18)12(14)5-10/h3-5,8,15,18H,6-7H2,1-2H3. The second-order valence-corrected chi connectivity index (χ2v) is 5.12. The molecule has 0 radical (unpaired) electrons. The topological polar surface area (TPSA) is 50.1 Å². The van der Waals surface area contributed by atoms with Gasteiger partial charge in [-0.25, -0.2) is 0 Å². The molecule has 0 aliphatic rings. The van der Waals surface area contributed by atoms with Gasteiger partial charge >= 0.3 is 0 Å². The molecule has 0 atom stereocenters. The fraction of sp³-hybridized carbons (Fsp3) is 0.308. The van der Waals surface area contributed by atoms with Crippen LogP contribution >= 0.6 is 15.9 Å². The molecular weight excluding hydrogens is 294 g/mol. The normalized spacial score (nSPS) is 10.8. The first kappa shape index (κ1) is 13.1.